The number of halogens is 2. The second-order valence-electron chi connectivity index (χ2n) is 3.60. The van der Waals surface area contributed by atoms with Gasteiger partial charge in [0, 0.05) is 11.9 Å². The van der Waals surface area contributed by atoms with Crippen molar-refractivity contribution in [1.29, 1.82) is 0 Å². The summed E-state index contributed by atoms with van der Waals surface area (Å²) < 4.78 is 38.6. The number of alkyl halides is 1. The lowest BCUT2D eigenvalue weighted by molar-refractivity contribution is 0.575. The zero-order chi connectivity index (χ0) is 12.7. The van der Waals surface area contributed by atoms with Gasteiger partial charge in [-0.15, -0.1) is 0 Å². The van der Waals surface area contributed by atoms with E-state index in [2.05, 4.69) is 20.7 Å². The number of hydrogen-bond donors (Lipinski definition) is 1. The number of nitrogens with one attached hydrogen (secondary N) is 1. The van der Waals surface area contributed by atoms with Gasteiger partial charge < -0.3 is 0 Å². The molecule has 0 fully saturated rings. The van der Waals surface area contributed by atoms with Crippen LogP contribution in [0.1, 0.15) is 19.3 Å². The third-order valence-electron chi connectivity index (χ3n) is 2.23. The molecule has 0 saturated carbocycles. The first-order valence-corrected chi connectivity index (χ1v) is 7.98. The third-order valence-corrected chi connectivity index (χ3v) is 4.26. The molecular formula is C11H15BrFNO2S. The van der Waals surface area contributed by atoms with Crippen LogP contribution in [0.2, 0.25) is 0 Å². The highest BCUT2D eigenvalue weighted by Crippen LogP contribution is 2.09. The Morgan fingerprint density at radius 1 is 1.12 bits per heavy atom. The fourth-order valence-corrected chi connectivity index (χ4v) is 2.77. The van der Waals surface area contributed by atoms with Gasteiger partial charge in [0.25, 0.3) is 0 Å². The summed E-state index contributed by atoms with van der Waals surface area (Å²) in [6, 6.07) is 4.80. The molecule has 0 aromatic heterocycles. The number of benzene rings is 1. The molecule has 17 heavy (non-hydrogen) atoms. The lowest BCUT2D eigenvalue weighted by Crippen LogP contribution is -2.24. The summed E-state index contributed by atoms with van der Waals surface area (Å²) in [6.07, 6.45) is 2.79. The highest BCUT2D eigenvalue weighted by molar-refractivity contribution is 9.09. The molecule has 3 nitrogen and oxygen atoms in total. The van der Waals surface area contributed by atoms with E-state index in [0.717, 1.165) is 36.7 Å². The van der Waals surface area contributed by atoms with E-state index in [-0.39, 0.29) is 4.90 Å². The minimum absolute atomic E-state index is 0.0967. The topological polar surface area (TPSA) is 46.2 Å². The molecule has 1 rings (SSSR count). The summed E-state index contributed by atoms with van der Waals surface area (Å²) in [5, 5.41) is 0.928. The zero-order valence-corrected chi connectivity index (χ0v) is 11.7. The number of sulfonamides is 1. The summed E-state index contributed by atoms with van der Waals surface area (Å²) in [5.74, 6) is -0.443. The van der Waals surface area contributed by atoms with Crippen molar-refractivity contribution in [2.75, 3.05) is 11.9 Å². The van der Waals surface area contributed by atoms with Crippen molar-refractivity contribution >= 4 is 26.0 Å². The first-order chi connectivity index (χ1) is 8.06. The molecule has 0 atom stereocenters. The van der Waals surface area contributed by atoms with Gasteiger partial charge in [-0.2, -0.15) is 0 Å². The van der Waals surface area contributed by atoms with E-state index < -0.39 is 15.8 Å². The van der Waals surface area contributed by atoms with E-state index in [1.54, 1.807) is 0 Å². The highest BCUT2D eigenvalue weighted by Gasteiger charge is 2.12. The normalized spacial score (nSPS) is 11.6. The van der Waals surface area contributed by atoms with Crippen molar-refractivity contribution in [2.45, 2.75) is 24.2 Å². The minimum Gasteiger partial charge on any atom is -0.211 e. The summed E-state index contributed by atoms with van der Waals surface area (Å²) in [4.78, 5) is 0.0967. The van der Waals surface area contributed by atoms with E-state index in [4.69, 9.17) is 0 Å². The first kappa shape index (κ1) is 14.6. The van der Waals surface area contributed by atoms with Crippen LogP contribution >= 0.6 is 15.9 Å². The minimum atomic E-state index is -3.49. The van der Waals surface area contributed by atoms with E-state index >= 15 is 0 Å². The Morgan fingerprint density at radius 2 is 1.76 bits per heavy atom. The molecule has 0 spiro atoms. The SMILES string of the molecule is O=S(=O)(NCCCCCBr)c1ccc(F)cc1. The molecule has 0 saturated heterocycles. The van der Waals surface area contributed by atoms with Gasteiger partial charge in [0.2, 0.25) is 10.0 Å². The molecule has 96 valence electrons. The van der Waals surface area contributed by atoms with Crippen molar-refractivity contribution in [3.8, 4) is 0 Å². The molecule has 6 heteroatoms. The van der Waals surface area contributed by atoms with Crippen molar-refractivity contribution < 1.29 is 12.8 Å². The molecule has 0 aliphatic rings. The van der Waals surface area contributed by atoms with Crippen LogP contribution in [0.5, 0.6) is 0 Å². The van der Waals surface area contributed by atoms with E-state index in [9.17, 15) is 12.8 Å². The summed E-state index contributed by atoms with van der Waals surface area (Å²) >= 11 is 3.31. The maximum Gasteiger partial charge on any atom is 0.240 e. The van der Waals surface area contributed by atoms with E-state index in [0.29, 0.717) is 6.54 Å². The van der Waals surface area contributed by atoms with Gasteiger partial charge in [0.1, 0.15) is 5.82 Å². The van der Waals surface area contributed by atoms with Gasteiger partial charge in [-0.3, -0.25) is 0 Å². The second kappa shape index (κ2) is 7.08. The smallest absolute Gasteiger partial charge is 0.211 e. The Bertz CT molecular complexity index is 433. The van der Waals surface area contributed by atoms with Crippen LogP contribution in [0, 0.1) is 5.82 Å². The average molecular weight is 324 g/mol. The Balaban J connectivity index is 2.48. The molecule has 1 aromatic carbocycles. The molecule has 0 amide bonds. The van der Waals surface area contributed by atoms with E-state index in [1.165, 1.54) is 12.1 Å². The molecule has 1 N–H and O–H groups in total. The van der Waals surface area contributed by atoms with Crippen LogP contribution in [-0.2, 0) is 10.0 Å². The zero-order valence-electron chi connectivity index (χ0n) is 9.33. The molecule has 1 aromatic rings. The highest BCUT2D eigenvalue weighted by atomic mass is 79.9. The van der Waals surface area contributed by atoms with Gasteiger partial charge in [-0.05, 0) is 37.1 Å². The maximum absolute atomic E-state index is 12.6. The van der Waals surface area contributed by atoms with E-state index in [1.807, 2.05) is 0 Å². The summed E-state index contributed by atoms with van der Waals surface area (Å²) in [5.41, 5.74) is 0. The lowest BCUT2D eigenvalue weighted by Gasteiger charge is -2.06. The Kier molecular flexibility index (Phi) is 6.08. The molecule has 0 unspecified atom stereocenters. The van der Waals surface area contributed by atoms with Crippen LogP contribution in [0.3, 0.4) is 0 Å². The van der Waals surface area contributed by atoms with Gasteiger partial charge in [-0.1, -0.05) is 22.4 Å². The predicted octanol–water partition coefficient (Wildman–Crippen LogP) is 2.67. The Hall–Kier alpha value is -0.460. The fraction of sp³-hybridized carbons (Fsp3) is 0.455. The Morgan fingerprint density at radius 3 is 2.35 bits per heavy atom. The molecule has 0 aliphatic heterocycles. The van der Waals surface area contributed by atoms with Crippen molar-refractivity contribution in [1.82, 2.24) is 4.72 Å². The third kappa shape index (κ3) is 5.14. The largest absolute Gasteiger partial charge is 0.240 e. The van der Waals surface area contributed by atoms with Gasteiger partial charge in [0.15, 0.2) is 0 Å². The maximum atomic E-state index is 12.6. The monoisotopic (exact) mass is 323 g/mol. The van der Waals surface area contributed by atoms with Crippen LogP contribution in [0.4, 0.5) is 4.39 Å². The van der Waals surface area contributed by atoms with Crippen LogP contribution in [-0.4, -0.2) is 20.3 Å². The predicted molar refractivity (Wildman–Crippen MR) is 69.2 cm³/mol. The molecule has 0 heterocycles. The lowest BCUT2D eigenvalue weighted by atomic mass is 10.3. The summed E-state index contributed by atoms with van der Waals surface area (Å²) in [7, 11) is -3.49. The van der Waals surface area contributed by atoms with Crippen LogP contribution in [0.15, 0.2) is 29.2 Å². The first-order valence-electron chi connectivity index (χ1n) is 5.37. The quantitative estimate of drug-likeness (QED) is 0.619. The van der Waals surface area contributed by atoms with Crippen LogP contribution in [0.25, 0.3) is 0 Å². The number of hydrogen-bond acceptors (Lipinski definition) is 2. The van der Waals surface area contributed by atoms with Gasteiger partial charge >= 0.3 is 0 Å². The molecule has 0 radical (unpaired) electrons. The van der Waals surface area contributed by atoms with Gasteiger partial charge in [-0.25, -0.2) is 17.5 Å². The second-order valence-corrected chi connectivity index (χ2v) is 6.16. The molecule has 0 bridgehead atoms. The average Bonchev–Trinajstić information content (AvgIpc) is 2.29. The molecule has 0 aliphatic carbocycles. The number of unbranched alkanes of at least 4 members (excludes halogenated alkanes) is 2. The van der Waals surface area contributed by atoms with Crippen molar-refractivity contribution in [3.63, 3.8) is 0 Å². The Labute approximate surface area is 110 Å². The van der Waals surface area contributed by atoms with Gasteiger partial charge in [0.05, 0.1) is 4.90 Å². The molecular weight excluding hydrogens is 309 g/mol. The number of rotatable bonds is 7. The standard InChI is InChI=1S/C11H15BrFNO2S/c12-8-2-1-3-9-14-17(15,16)11-6-4-10(13)5-7-11/h4-7,14H,1-3,8-9H2. The van der Waals surface area contributed by atoms with Crippen molar-refractivity contribution in [2.24, 2.45) is 0 Å². The van der Waals surface area contributed by atoms with Crippen LogP contribution < -0.4 is 4.72 Å². The van der Waals surface area contributed by atoms with Crippen molar-refractivity contribution in [3.05, 3.63) is 30.1 Å². The summed E-state index contributed by atoms with van der Waals surface area (Å²) in [6.45, 7) is 0.409. The fourth-order valence-electron chi connectivity index (χ4n) is 1.30.